The van der Waals surface area contributed by atoms with Crippen molar-refractivity contribution >= 4 is 5.97 Å². The zero-order valence-electron chi connectivity index (χ0n) is 12.5. The summed E-state index contributed by atoms with van der Waals surface area (Å²) in [5.74, 6) is 0.832. The van der Waals surface area contributed by atoms with Crippen LogP contribution < -0.4 is 0 Å². The number of hydrogen-bond donors (Lipinski definition) is 1. The second-order valence-corrected chi connectivity index (χ2v) is 6.03. The number of carboxylic acid groups (broad SMARTS) is 1. The van der Waals surface area contributed by atoms with Gasteiger partial charge in [0.15, 0.2) is 5.82 Å². The largest absolute Gasteiger partial charge is 0.481 e. The average molecular weight is 280 g/mol. The second-order valence-electron chi connectivity index (χ2n) is 6.03. The number of hydrogen-bond acceptors (Lipinski definition) is 4. The molecule has 1 fully saturated rings. The molecule has 0 aliphatic heterocycles. The van der Waals surface area contributed by atoms with Crippen molar-refractivity contribution in [2.24, 2.45) is 11.8 Å². The molecule has 5 nitrogen and oxygen atoms in total. The van der Waals surface area contributed by atoms with E-state index in [2.05, 4.69) is 17.1 Å². The Kier molecular flexibility index (Phi) is 4.78. The molecule has 112 valence electrons. The van der Waals surface area contributed by atoms with Crippen LogP contribution in [0.2, 0.25) is 0 Å². The molecule has 0 spiro atoms. The molecule has 1 saturated carbocycles. The Morgan fingerprint density at radius 3 is 2.55 bits per heavy atom. The molecule has 2 rings (SSSR count). The van der Waals surface area contributed by atoms with E-state index in [4.69, 9.17) is 9.63 Å². The van der Waals surface area contributed by atoms with E-state index in [0.29, 0.717) is 11.8 Å². The third kappa shape index (κ3) is 3.19. The van der Waals surface area contributed by atoms with E-state index in [1.54, 1.807) is 6.92 Å². The van der Waals surface area contributed by atoms with E-state index in [1.807, 2.05) is 6.92 Å². The Balaban J connectivity index is 2.00. The van der Waals surface area contributed by atoms with Crippen molar-refractivity contribution in [2.75, 3.05) is 0 Å². The summed E-state index contributed by atoms with van der Waals surface area (Å²) in [6.45, 7) is 5.74. The SMILES string of the molecule is CCC1CCC(c2noc(C(C)C(C)C(=O)O)n2)CC1. The van der Waals surface area contributed by atoms with Crippen molar-refractivity contribution in [1.82, 2.24) is 10.1 Å². The summed E-state index contributed by atoms with van der Waals surface area (Å²) in [5, 5.41) is 13.1. The van der Waals surface area contributed by atoms with Crippen LogP contribution in [0.3, 0.4) is 0 Å². The highest BCUT2D eigenvalue weighted by atomic mass is 16.5. The lowest BCUT2D eigenvalue weighted by Crippen LogP contribution is -2.17. The molecule has 1 aromatic heterocycles. The minimum absolute atomic E-state index is 0.249. The molecule has 1 aliphatic carbocycles. The zero-order chi connectivity index (χ0) is 14.7. The van der Waals surface area contributed by atoms with Gasteiger partial charge in [-0.3, -0.25) is 4.79 Å². The summed E-state index contributed by atoms with van der Waals surface area (Å²) in [4.78, 5) is 15.4. The molecule has 0 bridgehead atoms. The lowest BCUT2D eigenvalue weighted by molar-refractivity contribution is -0.141. The first-order valence-electron chi connectivity index (χ1n) is 7.59. The van der Waals surface area contributed by atoms with Gasteiger partial charge in [0, 0.05) is 11.8 Å². The fourth-order valence-corrected chi connectivity index (χ4v) is 2.85. The van der Waals surface area contributed by atoms with Crippen LogP contribution in [-0.4, -0.2) is 21.2 Å². The molecule has 2 unspecified atom stereocenters. The van der Waals surface area contributed by atoms with Gasteiger partial charge in [0.2, 0.25) is 5.89 Å². The number of aliphatic carboxylic acids is 1. The summed E-state index contributed by atoms with van der Waals surface area (Å²) in [7, 11) is 0. The van der Waals surface area contributed by atoms with Crippen LogP contribution in [0.25, 0.3) is 0 Å². The highest BCUT2D eigenvalue weighted by Gasteiger charge is 2.29. The molecular formula is C15H24N2O3. The van der Waals surface area contributed by atoms with Gasteiger partial charge in [0.1, 0.15) is 0 Å². The minimum Gasteiger partial charge on any atom is -0.481 e. The smallest absolute Gasteiger partial charge is 0.307 e. The summed E-state index contributed by atoms with van der Waals surface area (Å²) in [6, 6.07) is 0. The van der Waals surface area contributed by atoms with E-state index in [-0.39, 0.29) is 5.92 Å². The predicted molar refractivity (Wildman–Crippen MR) is 74.5 cm³/mol. The van der Waals surface area contributed by atoms with Crippen molar-refractivity contribution in [2.45, 2.75) is 64.7 Å². The summed E-state index contributed by atoms with van der Waals surface area (Å²) >= 11 is 0. The van der Waals surface area contributed by atoms with Crippen LogP contribution in [-0.2, 0) is 4.79 Å². The third-order valence-electron chi connectivity index (χ3n) is 4.78. The van der Waals surface area contributed by atoms with E-state index < -0.39 is 11.9 Å². The van der Waals surface area contributed by atoms with Crippen molar-refractivity contribution in [3.8, 4) is 0 Å². The van der Waals surface area contributed by atoms with Gasteiger partial charge in [0.25, 0.3) is 0 Å². The first-order chi connectivity index (χ1) is 9.52. The number of rotatable bonds is 5. The Morgan fingerprint density at radius 1 is 1.35 bits per heavy atom. The van der Waals surface area contributed by atoms with Gasteiger partial charge in [0.05, 0.1) is 5.92 Å². The number of carbonyl (C=O) groups is 1. The second kappa shape index (κ2) is 6.37. The highest BCUT2D eigenvalue weighted by Crippen LogP contribution is 2.36. The first kappa shape index (κ1) is 15.0. The molecule has 0 saturated heterocycles. The van der Waals surface area contributed by atoms with Crippen molar-refractivity contribution in [3.05, 3.63) is 11.7 Å². The van der Waals surface area contributed by atoms with Gasteiger partial charge in [-0.2, -0.15) is 4.98 Å². The van der Waals surface area contributed by atoms with E-state index in [1.165, 1.54) is 19.3 Å². The van der Waals surface area contributed by atoms with Gasteiger partial charge in [-0.1, -0.05) is 32.3 Å². The van der Waals surface area contributed by atoms with Crippen LogP contribution in [0.1, 0.15) is 76.4 Å². The number of aromatic nitrogens is 2. The minimum atomic E-state index is -0.833. The first-order valence-corrected chi connectivity index (χ1v) is 7.59. The average Bonchev–Trinajstić information content (AvgIpc) is 2.95. The van der Waals surface area contributed by atoms with Gasteiger partial charge in [-0.25, -0.2) is 0 Å². The Labute approximate surface area is 119 Å². The molecule has 2 atom stereocenters. The molecule has 0 amide bonds. The molecule has 1 heterocycles. The van der Waals surface area contributed by atoms with Crippen LogP contribution in [0.5, 0.6) is 0 Å². The molecule has 1 N–H and O–H groups in total. The predicted octanol–water partition coefficient (Wildman–Crippen LogP) is 3.58. The molecule has 0 aromatic carbocycles. The van der Waals surface area contributed by atoms with E-state index in [0.717, 1.165) is 24.6 Å². The van der Waals surface area contributed by atoms with E-state index >= 15 is 0 Å². The third-order valence-corrected chi connectivity index (χ3v) is 4.78. The van der Waals surface area contributed by atoms with Gasteiger partial charge in [-0.15, -0.1) is 0 Å². The Hall–Kier alpha value is -1.39. The van der Waals surface area contributed by atoms with Crippen LogP contribution in [0, 0.1) is 11.8 Å². The topological polar surface area (TPSA) is 76.2 Å². The summed E-state index contributed by atoms with van der Waals surface area (Å²) < 4.78 is 5.28. The quantitative estimate of drug-likeness (QED) is 0.892. The molecular weight excluding hydrogens is 256 g/mol. The summed E-state index contributed by atoms with van der Waals surface area (Å²) in [5.41, 5.74) is 0. The van der Waals surface area contributed by atoms with Crippen LogP contribution >= 0.6 is 0 Å². The molecule has 0 radical (unpaired) electrons. The molecule has 1 aromatic rings. The van der Waals surface area contributed by atoms with Crippen molar-refractivity contribution in [3.63, 3.8) is 0 Å². The highest BCUT2D eigenvalue weighted by molar-refractivity contribution is 5.70. The lowest BCUT2D eigenvalue weighted by atomic mass is 9.80. The maximum absolute atomic E-state index is 11.0. The Bertz CT molecular complexity index is 450. The fourth-order valence-electron chi connectivity index (χ4n) is 2.85. The van der Waals surface area contributed by atoms with E-state index in [9.17, 15) is 4.79 Å². The standard InChI is InChI=1S/C15H24N2O3/c1-4-11-5-7-12(8-6-11)13-16-14(20-17-13)9(2)10(3)15(18)19/h9-12H,4-8H2,1-3H3,(H,18,19). The maximum Gasteiger partial charge on any atom is 0.307 e. The van der Waals surface area contributed by atoms with Crippen LogP contribution in [0.15, 0.2) is 4.52 Å². The number of nitrogens with zero attached hydrogens (tertiary/aromatic N) is 2. The number of carboxylic acids is 1. The summed E-state index contributed by atoms with van der Waals surface area (Å²) in [6.07, 6.45) is 5.93. The van der Waals surface area contributed by atoms with Crippen LogP contribution in [0.4, 0.5) is 0 Å². The maximum atomic E-state index is 11.0. The normalized spacial score (nSPS) is 26.1. The molecule has 5 heteroatoms. The zero-order valence-corrected chi connectivity index (χ0v) is 12.5. The van der Waals surface area contributed by atoms with Gasteiger partial charge >= 0.3 is 5.97 Å². The monoisotopic (exact) mass is 280 g/mol. The molecule has 1 aliphatic rings. The van der Waals surface area contributed by atoms with Gasteiger partial charge in [-0.05, 0) is 31.6 Å². The van der Waals surface area contributed by atoms with Crippen molar-refractivity contribution in [1.29, 1.82) is 0 Å². The van der Waals surface area contributed by atoms with Crippen molar-refractivity contribution < 1.29 is 14.4 Å². The van der Waals surface area contributed by atoms with Gasteiger partial charge < -0.3 is 9.63 Å². The Morgan fingerprint density at radius 2 is 2.00 bits per heavy atom. The molecule has 20 heavy (non-hydrogen) atoms. The lowest BCUT2D eigenvalue weighted by Gasteiger charge is -2.25. The fraction of sp³-hybridized carbons (Fsp3) is 0.800.